The highest BCUT2D eigenvalue weighted by Crippen LogP contribution is 2.27. The summed E-state index contributed by atoms with van der Waals surface area (Å²) in [5.74, 6) is -0.193. The van der Waals surface area contributed by atoms with Crippen LogP contribution in [0.25, 0.3) is 5.69 Å². The van der Waals surface area contributed by atoms with Crippen molar-refractivity contribution in [3.8, 4) is 5.69 Å². The molecule has 3 aromatic rings. The summed E-state index contributed by atoms with van der Waals surface area (Å²) in [6.07, 6.45) is 5.04. The van der Waals surface area contributed by atoms with Gasteiger partial charge >= 0.3 is 0 Å². The van der Waals surface area contributed by atoms with Gasteiger partial charge in [0.1, 0.15) is 5.69 Å². The monoisotopic (exact) mass is 330 g/mol. The second-order valence-corrected chi connectivity index (χ2v) is 5.49. The van der Waals surface area contributed by atoms with Crippen LogP contribution in [0.5, 0.6) is 0 Å². The number of aryl methyl sites for hydroxylation is 2. The van der Waals surface area contributed by atoms with Crippen LogP contribution >= 0.6 is 11.6 Å². The van der Waals surface area contributed by atoms with Gasteiger partial charge in [0.25, 0.3) is 5.91 Å². The van der Waals surface area contributed by atoms with E-state index in [1.54, 1.807) is 43.3 Å². The Labute approximate surface area is 137 Å². The normalized spacial score (nSPS) is 10.8. The summed E-state index contributed by atoms with van der Waals surface area (Å²) in [5, 5.41) is 11.3. The molecule has 1 N–H and O–H groups in total. The molecule has 0 spiro atoms. The zero-order valence-electron chi connectivity index (χ0n) is 12.9. The van der Waals surface area contributed by atoms with E-state index in [4.69, 9.17) is 11.6 Å². The number of aromatic amines is 1. The average molecular weight is 331 g/mol. The number of nitrogens with one attached hydrogen (secondary N) is 1. The van der Waals surface area contributed by atoms with Crippen LogP contribution in [0.1, 0.15) is 21.7 Å². The van der Waals surface area contributed by atoms with E-state index >= 15 is 0 Å². The molecular weight excluding hydrogens is 316 g/mol. The molecule has 3 heterocycles. The van der Waals surface area contributed by atoms with Gasteiger partial charge in [0.15, 0.2) is 5.15 Å². The summed E-state index contributed by atoms with van der Waals surface area (Å²) in [4.78, 5) is 18.2. The largest absolute Gasteiger partial charge is 0.307 e. The summed E-state index contributed by atoms with van der Waals surface area (Å²) in [7, 11) is 1.66. The molecule has 0 atom stereocenters. The van der Waals surface area contributed by atoms with Crippen molar-refractivity contribution in [2.75, 3.05) is 11.9 Å². The summed E-state index contributed by atoms with van der Waals surface area (Å²) in [6, 6.07) is 3.66. The molecule has 0 aliphatic heterocycles. The Morgan fingerprint density at radius 2 is 2.17 bits per heavy atom. The molecule has 0 aromatic carbocycles. The van der Waals surface area contributed by atoms with Gasteiger partial charge in [0.2, 0.25) is 0 Å². The molecule has 0 bridgehead atoms. The van der Waals surface area contributed by atoms with E-state index in [9.17, 15) is 4.79 Å². The van der Waals surface area contributed by atoms with Gasteiger partial charge in [0.05, 0.1) is 29.3 Å². The maximum atomic E-state index is 12.7. The fourth-order valence-corrected chi connectivity index (χ4v) is 2.59. The Morgan fingerprint density at radius 1 is 1.39 bits per heavy atom. The molecular formula is C15H15ClN6O. The molecule has 0 aliphatic carbocycles. The molecule has 0 saturated heterocycles. The number of nitrogens with zero attached hydrogens (tertiary/aromatic N) is 5. The van der Waals surface area contributed by atoms with Crippen LogP contribution in [-0.2, 0) is 0 Å². The molecule has 0 aliphatic rings. The van der Waals surface area contributed by atoms with Gasteiger partial charge in [-0.15, -0.1) is 0 Å². The Kier molecular flexibility index (Phi) is 3.87. The number of amides is 1. The van der Waals surface area contributed by atoms with Crippen LogP contribution in [-0.4, -0.2) is 37.9 Å². The van der Waals surface area contributed by atoms with E-state index in [-0.39, 0.29) is 11.1 Å². The van der Waals surface area contributed by atoms with Gasteiger partial charge in [-0.1, -0.05) is 11.6 Å². The number of halogens is 1. The number of H-pyrrole nitrogens is 1. The summed E-state index contributed by atoms with van der Waals surface area (Å²) in [6.45, 7) is 3.59. The molecule has 0 fully saturated rings. The van der Waals surface area contributed by atoms with Gasteiger partial charge in [-0.05, 0) is 26.0 Å². The number of hydrogen-bond donors (Lipinski definition) is 1. The maximum Gasteiger partial charge on any atom is 0.261 e. The standard InChI is InChI=1S/C15H15ClN6O/c1-9-13(10(2)19-18-9)15(23)21(3)12-8-22(20-14(12)16)11-5-4-6-17-7-11/h4-8H,1-3H3,(H,18,19). The lowest BCUT2D eigenvalue weighted by atomic mass is 10.1. The van der Waals surface area contributed by atoms with E-state index in [1.165, 1.54) is 4.90 Å². The Balaban J connectivity index is 1.96. The smallest absolute Gasteiger partial charge is 0.261 e. The molecule has 1 amide bonds. The summed E-state index contributed by atoms with van der Waals surface area (Å²) in [5.41, 5.74) is 3.18. The van der Waals surface area contributed by atoms with Gasteiger partial charge in [-0.2, -0.15) is 10.2 Å². The summed E-state index contributed by atoms with van der Waals surface area (Å²) < 4.78 is 1.59. The van der Waals surface area contributed by atoms with Crippen LogP contribution in [0.2, 0.25) is 5.15 Å². The van der Waals surface area contributed by atoms with Gasteiger partial charge in [-0.3, -0.25) is 14.9 Å². The number of pyridine rings is 1. The number of aromatic nitrogens is 5. The maximum absolute atomic E-state index is 12.7. The SMILES string of the molecule is Cc1n[nH]c(C)c1C(=O)N(C)c1cn(-c2cccnc2)nc1Cl. The number of carbonyl (C=O) groups excluding carboxylic acids is 1. The van der Waals surface area contributed by atoms with Crippen LogP contribution in [0.3, 0.4) is 0 Å². The molecule has 118 valence electrons. The first kappa shape index (κ1) is 15.2. The van der Waals surface area contributed by atoms with Crippen LogP contribution < -0.4 is 4.90 Å². The quantitative estimate of drug-likeness (QED) is 0.800. The van der Waals surface area contributed by atoms with Crippen LogP contribution in [0.15, 0.2) is 30.7 Å². The van der Waals surface area contributed by atoms with Crippen molar-refractivity contribution in [1.82, 2.24) is 25.0 Å². The predicted molar refractivity (Wildman–Crippen MR) is 87.2 cm³/mol. The van der Waals surface area contributed by atoms with Crippen LogP contribution in [0.4, 0.5) is 5.69 Å². The molecule has 7 nitrogen and oxygen atoms in total. The van der Waals surface area contributed by atoms with Gasteiger partial charge < -0.3 is 4.90 Å². The zero-order valence-corrected chi connectivity index (χ0v) is 13.7. The van der Waals surface area contributed by atoms with Crippen molar-refractivity contribution in [2.45, 2.75) is 13.8 Å². The Bertz CT molecular complexity index is 835. The van der Waals surface area contributed by atoms with E-state index in [0.29, 0.717) is 16.9 Å². The van der Waals surface area contributed by atoms with Crippen molar-refractivity contribution in [2.24, 2.45) is 0 Å². The Morgan fingerprint density at radius 3 is 2.78 bits per heavy atom. The van der Waals surface area contributed by atoms with Gasteiger partial charge in [-0.25, -0.2) is 4.68 Å². The Hall–Kier alpha value is -2.67. The first-order chi connectivity index (χ1) is 11.0. The number of rotatable bonds is 3. The zero-order chi connectivity index (χ0) is 16.6. The van der Waals surface area contributed by atoms with Crippen molar-refractivity contribution in [3.05, 3.63) is 52.8 Å². The number of hydrogen-bond acceptors (Lipinski definition) is 4. The lowest BCUT2D eigenvalue weighted by Crippen LogP contribution is -2.27. The van der Waals surface area contributed by atoms with Crippen LogP contribution in [0, 0.1) is 13.8 Å². The molecule has 8 heteroatoms. The van der Waals surface area contributed by atoms with E-state index < -0.39 is 0 Å². The predicted octanol–water partition coefficient (Wildman–Crippen LogP) is 2.54. The highest BCUT2D eigenvalue weighted by molar-refractivity contribution is 6.32. The average Bonchev–Trinajstić information content (AvgIpc) is 3.10. The van der Waals surface area contributed by atoms with Crippen molar-refractivity contribution >= 4 is 23.2 Å². The molecule has 3 rings (SSSR count). The number of carbonyl (C=O) groups is 1. The second kappa shape index (κ2) is 5.85. The topological polar surface area (TPSA) is 79.7 Å². The third-order valence-electron chi connectivity index (χ3n) is 3.57. The van der Waals surface area contributed by atoms with E-state index in [2.05, 4.69) is 20.3 Å². The fourth-order valence-electron chi connectivity index (χ4n) is 2.33. The van der Waals surface area contributed by atoms with Crippen molar-refractivity contribution in [1.29, 1.82) is 0 Å². The molecule has 23 heavy (non-hydrogen) atoms. The van der Waals surface area contributed by atoms with Crippen molar-refractivity contribution < 1.29 is 4.79 Å². The molecule has 0 saturated carbocycles. The third kappa shape index (κ3) is 2.70. The first-order valence-corrected chi connectivity index (χ1v) is 7.32. The van der Waals surface area contributed by atoms with E-state index in [1.807, 2.05) is 13.0 Å². The number of anilines is 1. The van der Waals surface area contributed by atoms with Crippen molar-refractivity contribution in [3.63, 3.8) is 0 Å². The third-order valence-corrected chi connectivity index (χ3v) is 3.84. The lowest BCUT2D eigenvalue weighted by Gasteiger charge is -2.15. The minimum absolute atomic E-state index is 0.193. The van der Waals surface area contributed by atoms with E-state index in [0.717, 1.165) is 11.4 Å². The molecule has 3 aromatic heterocycles. The lowest BCUT2D eigenvalue weighted by molar-refractivity contribution is 0.0992. The van der Waals surface area contributed by atoms with Gasteiger partial charge in [0, 0.05) is 18.9 Å². The second-order valence-electron chi connectivity index (χ2n) is 5.13. The first-order valence-electron chi connectivity index (χ1n) is 6.94. The fraction of sp³-hybridized carbons (Fsp3) is 0.200. The summed E-state index contributed by atoms with van der Waals surface area (Å²) >= 11 is 6.21. The molecule has 0 radical (unpaired) electrons. The molecule has 0 unspecified atom stereocenters. The minimum Gasteiger partial charge on any atom is -0.307 e. The highest BCUT2D eigenvalue weighted by Gasteiger charge is 2.23. The minimum atomic E-state index is -0.193. The highest BCUT2D eigenvalue weighted by atomic mass is 35.5.